The van der Waals surface area contributed by atoms with Gasteiger partial charge in [0, 0.05) is 11.6 Å². The fraction of sp³-hybridized carbons (Fsp3) is 0.154. The highest BCUT2D eigenvalue weighted by Crippen LogP contribution is 2.19. The molecule has 94 valence electrons. The molecule has 1 aromatic heterocycles. The van der Waals surface area contributed by atoms with E-state index < -0.39 is 17.7 Å². The van der Waals surface area contributed by atoms with Crippen LogP contribution in [0.25, 0.3) is 0 Å². The van der Waals surface area contributed by atoms with Gasteiger partial charge >= 0.3 is 0 Å². The minimum absolute atomic E-state index is 0.263. The molecular formula is C13H11F2NOS. The molecule has 0 aliphatic heterocycles. The number of amides is 1. The van der Waals surface area contributed by atoms with Crippen LogP contribution in [0.2, 0.25) is 0 Å². The summed E-state index contributed by atoms with van der Waals surface area (Å²) in [7, 11) is 0. The van der Waals surface area contributed by atoms with Gasteiger partial charge in [0.2, 0.25) is 0 Å². The number of carbonyl (C=O) groups is 1. The number of benzene rings is 1. The van der Waals surface area contributed by atoms with Crippen LogP contribution in [0.1, 0.15) is 28.2 Å². The fourth-order valence-corrected chi connectivity index (χ4v) is 2.23. The van der Waals surface area contributed by atoms with Gasteiger partial charge in [-0.1, -0.05) is 12.1 Å². The van der Waals surface area contributed by atoms with E-state index >= 15 is 0 Å². The summed E-state index contributed by atoms with van der Waals surface area (Å²) in [5.74, 6) is -1.55. The zero-order valence-electron chi connectivity index (χ0n) is 9.61. The van der Waals surface area contributed by atoms with Gasteiger partial charge in [-0.3, -0.25) is 4.79 Å². The normalized spacial score (nSPS) is 12.2. The van der Waals surface area contributed by atoms with Crippen LogP contribution in [0.15, 0.2) is 35.7 Å². The van der Waals surface area contributed by atoms with Gasteiger partial charge in [-0.25, -0.2) is 8.78 Å². The minimum Gasteiger partial charge on any atom is -0.345 e. The zero-order valence-corrected chi connectivity index (χ0v) is 10.4. The Bertz CT molecular complexity index is 554. The van der Waals surface area contributed by atoms with Gasteiger partial charge in [0.15, 0.2) is 0 Å². The fourth-order valence-electron chi connectivity index (χ4n) is 1.61. The Hall–Kier alpha value is -1.75. The first-order valence-corrected chi connectivity index (χ1v) is 6.25. The molecule has 1 heterocycles. The molecule has 1 unspecified atom stereocenters. The SMILES string of the molecule is CC(NC(=O)c1cccs1)c1ccc(F)cc1F. The van der Waals surface area contributed by atoms with E-state index in [1.165, 1.54) is 23.5 Å². The third kappa shape index (κ3) is 2.73. The van der Waals surface area contributed by atoms with E-state index in [-0.39, 0.29) is 11.5 Å². The molecule has 0 radical (unpaired) electrons. The van der Waals surface area contributed by atoms with Gasteiger partial charge in [0.05, 0.1) is 10.9 Å². The number of nitrogens with one attached hydrogen (secondary N) is 1. The van der Waals surface area contributed by atoms with Crippen LogP contribution in [0.3, 0.4) is 0 Å². The topological polar surface area (TPSA) is 29.1 Å². The molecule has 0 saturated heterocycles. The summed E-state index contributed by atoms with van der Waals surface area (Å²) in [6.45, 7) is 1.65. The van der Waals surface area contributed by atoms with Gasteiger partial charge in [-0.05, 0) is 24.4 Å². The summed E-state index contributed by atoms with van der Waals surface area (Å²) in [5, 5.41) is 4.46. The van der Waals surface area contributed by atoms with Crippen LogP contribution in [-0.4, -0.2) is 5.91 Å². The van der Waals surface area contributed by atoms with Crippen molar-refractivity contribution in [2.24, 2.45) is 0 Å². The second-order valence-electron chi connectivity index (χ2n) is 3.84. The van der Waals surface area contributed by atoms with Crippen molar-refractivity contribution in [3.8, 4) is 0 Å². The first kappa shape index (κ1) is 12.7. The Morgan fingerprint density at radius 1 is 1.33 bits per heavy atom. The van der Waals surface area contributed by atoms with Gasteiger partial charge in [0.25, 0.3) is 5.91 Å². The molecule has 1 amide bonds. The van der Waals surface area contributed by atoms with Crippen molar-refractivity contribution in [2.45, 2.75) is 13.0 Å². The molecule has 2 nitrogen and oxygen atoms in total. The molecule has 0 spiro atoms. The quantitative estimate of drug-likeness (QED) is 0.905. The van der Waals surface area contributed by atoms with Crippen LogP contribution in [0.4, 0.5) is 8.78 Å². The lowest BCUT2D eigenvalue weighted by Crippen LogP contribution is -2.26. The highest BCUT2D eigenvalue weighted by Gasteiger charge is 2.15. The zero-order chi connectivity index (χ0) is 13.1. The van der Waals surface area contributed by atoms with Gasteiger partial charge in [-0.2, -0.15) is 0 Å². The molecular weight excluding hydrogens is 256 g/mol. The van der Waals surface area contributed by atoms with Crippen LogP contribution in [-0.2, 0) is 0 Å². The molecule has 0 saturated carbocycles. The maximum Gasteiger partial charge on any atom is 0.261 e. The minimum atomic E-state index is -0.658. The first-order valence-electron chi connectivity index (χ1n) is 5.37. The lowest BCUT2D eigenvalue weighted by molar-refractivity contribution is 0.0943. The van der Waals surface area contributed by atoms with Gasteiger partial charge in [-0.15, -0.1) is 11.3 Å². The molecule has 0 bridgehead atoms. The van der Waals surface area contributed by atoms with E-state index in [1.807, 2.05) is 0 Å². The van der Waals surface area contributed by atoms with Crippen molar-refractivity contribution in [2.75, 3.05) is 0 Å². The number of rotatable bonds is 3. The second-order valence-corrected chi connectivity index (χ2v) is 4.79. The van der Waals surface area contributed by atoms with Crippen molar-refractivity contribution in [3.63, 3.8) is 0 Å². The van der Waals surface area contributed by atoms with E-state index in [9.17, 15) is 13.6 Å². The Balaban J connectivity index is 2.12. The lowest BCUT2D eigenvalue weighted by atomic mass is 10.1. The predicted molar refractivity (Wildman–Crippen MR) is 66.6 cm³/mol. The highest BCUT2D eigenvalue weighted by atomic mass is 32.1. The number of thiophene rings is 1. The summed E-state index contributed by atoms with van der Waals surface area (Å²) in [5.41, 5.74) is 0.265. The van der Waals surface area contributed by atoms with Crippen molar-refractivity contribution < 1.29 is 13.6 Å². The Morgan fingerprint density at radius 3 is 2.72 bits per heavy atom. The average molecular weight is 267 g/mol. The third-order valence-electron chi connectivity index (χ3n) is 2.52. The summed E-state index contributed by atoms with van der Waals surface area (Å²) in [4.78, 5) is 12.3. The molecule has 2 rings (SSSR count). The number of carbonyl (C=O) groups excluding carboxylic acids is 1. The average Bonchev–Trinajstić information content (AvgIpc) is 2.81. The molecule has 0 fully saturated rings. The Labute approximate surface area is 107 Å². The molecule has 1 N–H and O–H groups in total. The summed E-state index contributed by atoms with van der Waals surface area (Å²) < 4.78 is 26.3. The van der Waals surface area contributed by atoms with Crippen molar-refractivity contribution in [3.05, 3.63) is 57.8 Å². The van der Waals surface area contributed by atoms with Crippen LogP contribution in [0.5, 0.6) is 0 Å². The number of hydrogen-bond donors (Lipinski definition) is 1. The molecule has 0 aliphatic carbocycles. The number of halogens is 2. The molecule has 2 aromatic rings. The first-order chi connectivity index (χ1) is 8.58. The van der Waals surface area contributed by atoms with Crippen LogP contribution >= 0.6 is 11.3 Å². The Morgan fingerprint density at radius 2 is 2.11 bits per heavy atom. The largest absolute Gasteiger partial charge is 0.345 e. The highest BCUT2D eigenvalue weighted by molar-refractivity contribution is 7.12. The molecule has 5 heteroatoms. The Kier molecular flexibility index (Phi) is 3.72. The lowest BCUT2D eigenvalue weighted by Gasteiger charge is -2.14. The summed E-state index contributed by atoms with van der Waals surface area (Å²) in [6.07, 6.45) is 0. The predicted octanol–water partition coefficient (Wildman–Crippen LogP) is 3.52. The van der Waals surface area contributed by atoms with Gasteiger partial charge in [0.1, 0.15) is 11.6 Å². The van der Waals surface area contributed by atoms with Crippen molar-refractivity contribution >= 4 is 17.2 Å². The van der Waals surface area contributed by atoms with Crippen molar-refractivity contribution in [1.82, 2.24) is 5.32 Å². The van der Waals surface area contributed by atoms with E-state index in [0.29, 0.717) is 4.88 Å². The number of hydrogen-bond acceptors (Lipinski definition) is 2. The maximum atomic E-state index is 13.5. The van der Waals surface area contributed by atoms with E-state index in [0.717, 1.165) is 6.07 Å². The molecule has 0 aliphatic rings. The molecule has 1 atom stereocenters. The van der Waals surface area contributed by atoms with Crippen LogP contribution < -0.4 is 5.32 Å². The monoisotopic (exact) mass is 267 g/mol. The standard InChI is InChI=1S/C13H11F2NOS/c1-8(10-5-4-9(14)7-11(10)15)16-13(17)12-3-2-6-18-12/h2-8H,1H3,(H,16,17). The van der Waals surface area contributed by atoms with Crippen LogP contribution in [0, 0.1) is 11.6 Å². The molecule has 1 aromatic carbocycles. The summed E-state index contributed by atoms with van der Waals surface area (Å²) in [6, 6.07) is 6.26. The van der Waals surface area contributed by atoms with Crippen molar-refractivity contribution in [1.29, 1.82) is 0 Å². The van der Waals surface area contributed by atoms with E-state index in [1.54, 1.807) is 24.4 Å². The molecule has 18 heavy (non-hydrogen) atoms. The van der Waals surface area contributed by atoms with Gasteiger partial charge < -0.3 is 5.32 Å². The third-order valence-corrected chi connectivity index (χ3v) is 3.39. The maximum absolute atomic E-state index is 13.5. The second kappa shape index (κ2) is 5.27. The van der Waals surface area contributed by atoms with E-state index in [2.05, 4.69) is 5.32 Å². The van der Waals surface area contributed by atoms with E-state index in [4.69, 9.17) is 0 Å². The smallest absolute Gasteiger partial charge is 0.261 e. The summed E-state index contributed by atoms with van der Waals surface area (Å²) >= 11 is 1.31.